The first kappa shape index (κ1) is 24.4. The van der Waals surface area contributed by atoms with Crippen LogP contribution < -0.4 is 0 Å². The van der Waals surface area contributed by atoms with Crippen LogP contribution in [-0.4, -0.2) is 55.7 Å². The summed E-state index contributed by atoms with van der Waals surface area (Å²) in [6, 6.07) is 0. The molecule has 1 amide bonds. The summed E-state index contributed by atoms with van der Waals surface area (Å²) in [6.07, 6.45) is 3.37. The van der Waals surface area contributed by atoms with Gasteiger partial charge in [0.2, 0.25) is 0 Å². The lowest BCUT2D eigenvalue weighted by Gasteiger charge is -2.49. The molecule has 1 unspecified atom stereocenters. The van der Waals surface area contributed by atoms with Gasteiger partial charge in [0.05, 0.1) is 6.10 Å². The third-order valence-electron chi connectivity index (χ3n) is 7.16. The number of amides is 1. The zero-order valence-electron chi connectivity index (χ0n) is 20.5. The van der Waals surface area contributed by atoms with E-state index in [1.807, 2.05) is 20.8 Å². The molecule has 2 aliphatic carbocycles. The molecule has 0 aromatic heterocycles. The number of carbonyl (C=O) groups is 3. The highest BCUT2D eigenvalue weighted by atomic mass is 28.4. The molecule has 0 aromatic carbocycles. The number of ether oxygens (including phenoxy) is 1. The van der Waals surface area contributed by atoms with Gasteiger partial charge in [0.1, 0.15) is 17.2 Å². The zero-order chi connectivity index (χ0) is 23.2. The molecule has 31 heavy (non-hydrogen) atoms. The highest BCUT2D eigenvalue weighted by Crippen LogP contribution is 2.58. The van der Waals surface area contributed by atoms with Gasteiger partial charge in [-0.3, -0.25) is 9.59 Å². The van der Waals surface area contributed by atoms with Crippen LogP contribution in [-0.2, 0) is 18.8 Å². The summed E-state index contributed by atoms with van der Waals surface area (Å²) in [5.41, 5.74) is -1.15. The van der Waals surface area contributed by atoms with Crippen LogP contribution in [0.2, 0.25) is 19.6 Å². The third kappa shape index (κ3) is 5.08. The van der Waals surface area contributed by atoms with Crippen molar-refractivity contribution >= 4 is 26.0 Å². The average Bonchev–Trinajstić information content (AvgIpc) is 2.92. The van der Waals surface area contributed by atoms with Crippen LogP contribution >= 0.6 is 0 Å². The monoisotopic (exact) mass is 451 g/mol. The van der Waals surface area contributed by atoms with Crippen LogP contribution in [0.1, 0.15) is 66.2 Å². The Balaban J connectivity index is 1.86. The number of hydrogen-bond acceptors (Lipinski definition) is 5. The van der Waals surface area contributed by atoms with Gasteiger partial charge in [-0.25, -0.2) is 4.79 Å². The first-order valence-corrected chi connectivity index (χ1v) is 15.4. The molecule has 3 rings (SSSR count). The minimum atomic E-state index is -1.82. The van der Waals surface area contributed by atoms with E-state index in [1.165, 1.54) is 0 Å². The molecule has 0 aromatic rings. The summed E-state index contributed by atoms with van der Waals surface area (Å²) >= 11 is 0. The molecule has 5 atom stereocenters. The molecule has 3 fully saturated rings. The minimum absolute atomic E-state index is 0.0268. The van der Waals surface area contributed by atoms with E-state index in [9.17, 15) is 14.4 Å². The lowest BCUT2D eigenvalue weighted by molar-refractivity contribution is -0.149. The Morgan fingerprint density at radius 1 is 1.10 bits per heavy atom. The molecule has 0 radical (unpaired) electrons. The minimum Gasteiger partial charge on any atom is -0.444 e. The van der Waals surface area contributed by atoms with E-state index in [2.05, 4.69) is 26.6 Å². The largest absolute Gasteiger partial charge is 0.444 e. The number of rotatable bonds is 2. The van der Waals surface area contributed by atoms with Crippen molar-refractivity contribution in [3.05, 3.63) is 0 Å². The SMILES string of the molecule is C[C@H]1CC(=O)[C@]23CCCN(C(=O)OC(C)(C)C)CCCC2C(=O)C[C@@H]3[C@H]1O[Si](C)(C)C. The lowest BCUT2D eigenvalue weighted by atomic mass is 9.57. The van der Waals surface area contributed by atoms with Gasteiger partial charge < -0.3 is 14.1 Å². The van der Waals surface area contributed by atoms with E-state index >= 15 is 0 Å². The maximum absolute atomic E-state index is 13.6. The maximum atomic E-state index is 13.6. The molecular weight excluding hydrogens is 410 g/mol. The molecule has 1 aliphatic heterocycles. The number of carbonyl (C=O) groups excluding carboxylic acids is 3. The van der Waals surface area contributed by atoms with E-state index in [0.717, 1.165) is 0 Å². The fourth-order valence-corrected chi connectivity index (χ4v) is 7.30. The Hall–Kier alpha value is -1.21. The van der Waals surface area contributed by atoms with E-state index in [0.29, 0.717) is 51.6 Å². The topological polar surface area (TPSA) is 72.9 Å². The number of Topliss-reactive ketones (excluding diaryl/α,β-unsaturated/α-hetero) is 2. The van der Waals surface area contributed by atoms with Crippen molar-refractivity contribution in [2.24, 2.45) is 23.2 Å². The Morgan fingerprint density at radius 2 is 1.74 bits per heavy atom. The van der Waals surface area contributed by atoms with Crippen LogP contribution in [0.3, 0.4) is 0 Å². The second kappa shape index (κ2) is 8.62. The van der Waals surface area contributed by atoms with Crippen LogP contribution in [0.25, 0.3) is 0 Å². The molecule has 176 valence electrons. The van der Waals surface area contributed by atoms with Crippen LogP contribution in [0.4, 0.5) is 4.79 Å². The quantitative estimate of drug-likeness (QED) is 0.563. The van der Waals surface area contributed by atoms with E-state index in [1.54, 1.807) is 4.90 Å². The van der Waals surface area contributed by atoms with Gasteiger partial charge in [0.25, 0.3) is 0 Å². The summed E-state index contributed by atoms with van der Waals surface area (Å²) in [5, 5.41) is 0. The number of nitrogens with zero attached hydrogens (tertiary/aromatic N) is 1. The van der Waals surface area contributed by atoms with Crippen molar-refractivity contribution in [1.29, 1.82) is 0 Å². The first-order chi connectivity index (χ1) is 14.2. The van der Waals surface area contributed by atoms with Crippen molar-refractivity contribution in [3.8, 4) is 0 Å². The van der Waals surface area contributed by atoms with Gasteiger partial charge in [-0.05, 0) is 72.0 Å². The lowest BCUT2D eigenvalue weighted by Crippen LogP contribution is -2.55. The molecule has 2 saturated carbocycles. The standard InChI is InChI=1S/C24H41NO5Si/c1-16-14-20(27)24-11-9-13-25(22(28)29-23(2,3)4)12-8-10-17(24)19(26)15-18(24)21(16)30-31(5,6)7/h16-18,21H,8-15H2,1-7H3/t16-,17?,18+,21-,24+/m0/s1. The van der Waals surface area contributed by atoms with Gasteiger partial charge >= 0.3 is 6.09 Å². The number of hydrogen-bond donors (Lipinski definition) is 0. The van der Waals surface area contributed by atoms with Gasteiger partial charge in [-0.2, -0.15) is 0 Å². The molecular formula is C24H41NO5Si. The van der Waals surface area contributed by atoms with Crippen molar-refractivity contribution in [1.82, 2.24) is 4.90 Å². The van der Waals surface area contributed by atoms with Gasteiger partial charge in [-0.1, -0.05) is 6.92 Å². The maximum Gasteiger partial charge on any atom is 0.410 e. The fraction of sp³-hybridized carbons (Fsp3) is 0.875. The first-order valence-electron chi connectivity index (χ1n) is 12.0. The summed E-state index contributed by atoms with van der Waals surface area (Å²) in [6.45, 7) is 15.4. The molecule has 6 nitrogen and oxygen atoms in total. The molecule has 1 saturated heterocycles. The molecule has 0 N–H and O–H groups in total. The summed E-state index contributed by atoms with van der Waals surface area (Å²) < 4.78 is 12.2. The van der Waals surface area contributed by atoms with Crippen molar-refractivity contribution in [2.75, 3.05) is 13.1 Å². The van der Waals surface area contributed by atoms with Gasteiger partial charge in [-0.15, -0.1) is 0 Å². The molecule has 7 heteroatoms. The smallest absolute Gasteiger partial charge is 0.410 e. The highest BCUT2D eigenvalue weighted by molar-refractivity contribution is 6.69. The van der Waals surface area contributed by atoms with Crippen LogP contribution in [0.15, 0.2) is 0 Å². The Kier molecular flexibility index (Phi) is 6.79. The Morgan fingerprint density at radius 3 is 2.35 bits per heavy atom. The summed E-state index contributed by atoms with van der Waals surface area (Å²) in [4.78, 5) is 41.2. The zero-order valence-corrected chi connectivity index (χ0v) is 21.5. The third-order valence-corrected chi connectivity index (χ3v) is 8.14. The van der Waals surface area contributed by atoms with E-state index in [4.69, 9.17) is 9.16 Å². The van der Waals surface area contributed by atoms with Gasteiger partial charge in [0, 0.05) is 43.2 Å². The van der Waals surface area contributed by atoms with E-state index < -0.39 is 19.3 Å². The Labute approximate surface area is 188 Å². The highest BCUT2D eigenvalue weighted by Gasteiger charge is 2.63. The van der Waals surface area contributed by atoms with Crippen molar-refractivity contribution in [2.45, 2.75) is 97.6 Å². The van der Waals surface area contributed by atoms with E-state index in [-0.39, 0.29) is 41.5 Å². The molecule has 1 spiro atoms. The Bertz CT molecular complexity index is 724. The van der Waals surface area contributed by atoms with Gasteiger partial charge in [0.15, 0.2) is 8.32 Å². The fourth-order valence-electron chi connectivity index (χ4n) is 6.09. The average molecular weight is 452 g/mol. The predicted octanol–water partition coefficient (Wildman–Crippen LogP) is 4.82. The van der Waals surface area contributed by atoms with Crippen molar-refractivity contribution in [3.63, 3.8) is 0 Å². The van der Waals surface area contributed by atoms with Crippen LogP contribution in [0.5, 0.6) is 0 Å². The predicted molar refractivity (Wildman–Crippen MR) is 122 cm³/mol. The number of ketones is 2. The van der Waals surface area contributed by atoms with Crippen LogP contribution in [0, 0.1) is 23.2 Å². The summed E-state index contributed by atoms with van der Waals surface area (Å²) in [7, 11) is -1.82. The molecule has 3 aliphatic rings. The molecule has 0 bridgehead atoms. The summed E-state index contributed by atoms with van der Waals surface area (Å²) in [5.74, 6) is 0.363. The molecule has 1 heterocycles. The normalized spacial score (nSPS) is 35.0. The second-order valence-electron chi connectivity index (χ2n) is 11.9. The van der Waals surface area contributed by atoms with Crippen molar-refractivity contribution < 1.29 is 23.5 Å². The second-order valence-corrected chi connectivity index (χ2v) is 16.3.